The van der Waals surface area contributed by atoms with Crippen molar-refractivity contribution < 1.29 is 9.53 Å². The highest BCUT2D eigenvalue weighted by Crippen LogP contribution is 2.23. The second-order valence-corrected chi connectivity index (χ2v) is 6.29. The minimum absolute atomic E-state index is 0.0622. The maximum absolute atomic E-state index is 12.7. The molecule has 0 unspecified atom stereocenters. The van der Waals surface area contributed by atoms with Gasteiger partial charge in [-0.25, -0.2) is 4.98 Å². The lowest BCUT2D eigenvalue weighted by atomic mass is 10.2. The summed E-state index contributed by atoms with van der Waals surface area (Å²) in [5.41, 5.74) is 2.11. The van der Waals surface area contributed by atoms with Gasteiger partial charge in [-0.2, -0.15) is 0 Å². The molecule has 2 aromatic rings. The number of benzene rings is 1. The van der Waals surface area contributed by atoms with Gasteiger partial charge in [-0.1, -0.05) is 23.9 Å². The lowest BCUT2D eigenvalue weighted by molar-refractivity contribution is -0.116. The number of hydrogen-bond acceptors (Lipinski definition) is 5. The summed E-state index contributed by atoms with van der Waals surface area (Å²) in [7, 11) is 1.55. The Morgan fingerprint density at radius 2 is 2.17 bits per heavy atom. The number of thioether (sulfide) groups is 1. The van der Waals surface area contributed by atoms with Crippen LogP contribution in [-0.2, 0) is 24.2 Å². The quantitative estimate of drug-likeness (QED) is 0.664. The van der Waals surface area contributed by atoms with Gasteiger partial charge in [0.15, 0.2) is 5.16 Å². The summed E-state index contributed by atoms with van der Waals surface area (Å²) >= 11 is 1.38. The van der Waals surface area contributed by atoms with Crippen LogP contribution in [0.3, 0.4) is 0 Å². The lowest BCUT2D eigenvalue weighted by Gasteiger charge is -2.14. The number of carbonyl (C=O) groups excluding carboxylic acids is 1. The number of aryl methyl sites for hydroxylation is 1. The first-order chi connectivity index (χ1) is 11.6. The monoisotopic (exact) mass is 345 g/mol. The first kappa shape index (κ1) is 16.6. The molecule has 1 aliphatic carbocycles. The summed E-state index contributed by atoms with van der Waals surface area (Å²) in [6, 6.07) is 7.17. The standard InChI is InChI=1S/C17H19N3O3S/c1-23-14-9-4-3-7-13(14)18-15(21)10-20-16(22)11-6-5-8-12(11)19-17(20)24-2/h3-4,7,9H,5-6,8,10H2,1-2H3,(H,18,21). The van der Waals surface area contributed by atoms with Gasteiger partial charge in [-0.3, -0.25) is 14.2 Å². The number of amides is 1. The second kappa shape index (κ2) is 7.09. The predicted molar refractivity (Wildman–Crippen MR) is 93.9 cm³/mol. The summed E-state index contributed by atoms with van der Waals surface area (Å²) in [5.74, 6) is 0.298. The molecule has 1 aliphatic rings. The van der Waals surface area contributed by atoms with Gasteiger partial charge in [0.1, 0.15) is 12.3 Å². The molecule has 6 nitrogen and oxygen atoms in total. The van der Waals surface area contributed by atoms with Crippen LogP contribution in [0.2, 0.25) is 0 Å². The molecule has 1 aromatic heterocycles. The van der Waals surface area contributed by atoms with Crippen LogP contribution in [0.4, 0.5) is 5.69 Å². The molecule has 0 bridgehead atoms. The van der Waals surface area contributed by atoms with E-state index in [1.165, 1.54) is 16.3 Å². The Morgan fingerprint density at radius 1 is 1.38 bits per heavy atom. The first-order valence-corrected chi connectivity index (χ1v) is 8.96. The van der Waals surface area contributed by atoms with Crippen molar-refractivity contribution in [3.63, 3.8) is 0 Å². The molecule has 0 saturated heterocycles. The summed E-state index contributed by atoms with van der Waals surface area (Å²) in [6.07, 6.45) is 4.39. The van der Waals surface area contributed by atoms with Crippen LogP contribution in [0.15, 0.2) is 34.2 Å². The molecule has 0 radical (unpaired) electrons. The van der Waals surface area contributed by atoms with Gasteiger partial charge in [0.05, 0.1) is 18.5 Å². The van der Waals surface area contributed by atoms with Crippen molar-refractivity contribution in [3.05, 3.63) is 45.9 Å². The fourth-order valence-electron chi connectivity index (χ4n) is 2.88. The number of para-hydroxylation sites is 2. The molecule has 0 atom stereocenters. The van der Waals surface area contributed by atoms with Crippen LogP contribution in [0.1, 0.15) is 17.7 Å². The van der Waals surface area contributed by atoms with Gasteiger partial charge in [0.2, 0.25) is 5.91 Å². The van der Waals surface area contributed by atoms with Crippen molar-refractivity contribution in [1.82, 2.24) is 9.55 Å². The molecule has 0 spiro atoms. The fraction of sp³-hybridized carbons (Fsp3) is 0.353. The summed E-state index contributed by atoms with van der Waals surface area (Å²) in [4.78, 5) is 29.6. The third-order valence-electron chi connectivity index (χ3n) is 4.02. The van der Waals surface area contributed by atoms with E-state index in [1.807, 2.05) is 18.4 Å². The predicted octanol–water partition coefficient (Wildman–Crippen LogP) is 2.10. The van der Waals surface area contributed by atoms with Crippen molar-refractivity contribution in [2.24, 2.45) is 0 Å². The van der Waals surface area contributed by atoms with E-state index >= 15 is 0 Å². The number of fused-ring (bicyclic) bond motifs is 1. The fourth-order valence-corrected chi connectivity index (χ4v) is 3.45. The van der Waals surface area contributed by atoms with Gasteiger partial charge in [0.25, 0.3) is 5.56 Å². The molecular weight excluding hydrogens is 326 g/mol. The molecule has 3 rings (SSSR count). The zero-order valence-electron chi connectivity index (χ0n) is 13.7. The van der Waals surface area contributed by atoms with E-state index < -0.39 is 0 Å². The maximum atomic E-state index is 12.7. The molecule has 126 valence electrons. The Bertz CT molecular complexity index is 832. The molecule has 24 heavy (non-hydrogen) atoms. The average molecular weight is 345 g/mol. The Hall–Kier alpha value is -2.28. The van der Waals surface area contributed by atoms with Crippen molar-refractivity contribution in [1.29, 1.82) is 0 Å². The van der Waals surface area contributed by atoms with Crippen LogP contribution in [0, 0.1) is 0 Å². The maximum Gasteiger partial charge on any atom is 0.258 e. The summed E-state index contributed by atoms with van der Waals surface area (Å²) in [5, 5.41) is 3.37. The average Bonchev–Trinajstić information content (AvgIpc) is 3.06. The van der Waals surface area contributed by atoms with Gasteiger partial charge in [-0.05, 0) is 37.7 Å². The number of methoxy groups -OCH3 is 1. The minimum Gasteiger partial charge on any atom is -0.495 e. The largest absolute Gasteiger partial charge is 0.495 e. The molecule has 1 amide bonds. The normalized spacial score (nSPS) is 12.8. The van der Waals surface area contributed by atoms with E-state index in [4.69, 9.17) is 4.74 Å². The van der Waals surface area contributed by atoms with E-state index in [9.17, 15) is 9.59 Å². The van der Waals surface area contributed by atoms with Gasteiger partial charge in [0, 0.05) is 5.56 Å². The number of nitrogens with one attached hydrogen (secondary N) is 1. The van der Waals surface area contributed by atoms with E-state index in [2.05, 4.69) is 10.3 Å². The number of ether oxygens (including phenoxy) is 1. The molecule has 1 aromatic carbocycles. The highest BCUT2D eigenvalue weighted by atomic mass is 32.2. The SMILES string of the molecule is COc1ccccc1NC(=O)Cn1c(SC)nc2c(c1=O)CCC2. The summed E-state index contributed by atoms with van der Waals surface area (Å²) in [6.45, 7) is -0.0622. The highest BCUT2D eigenvalue weighted by Gasteiger charge is 2.21. The van der Waals surface area contributed by atoms with Gasteiger partial charge < -0.3 is 10.1 Å². The van der Waals surface area contributed by atoms with E-state index in [0.717, 1.165) is 30.5 Å². The van der Waals surface area contributed by atoms with E-state index in [0.29, 0.717) is 16.6 Å². The topological polar surface area (TPSA) is 73.2 Å². The smallest absolute Gasteiger partial charge is 0.258 e. The highest BCUT2D eigenvalue weighted by molar-refractivity contribution is 7.98. The summed E-state index contributed by atoms with van der Waals surface area (Å²) < 4.78 is 6.68. The van der Waals surface area contributed by atoms with Gasteiger partial charge >= 0.3 is 0 Å². The molecule has 7 heteroatoms. The Balaban J connectivity index is 1.86. The molecule has 0 saturated carbocycles. The van der Waals surface area contributed by atoms with Crippen molar-refractivity contribution in [3.8, 4) is 5.75 Å². The third kappa shape index (κ3) is 3.17. The van der Waals surface area contributed by atoms with Gasteiger partial charge in [-0.15, -0.1) is 0 Å². The van der Waals surface area contributed by atoms with Crippen molar-refractivity contribution in [2.75, 3.05) is 18.7 Å². The Labute approximate surface area is 144 Å². The van der Waals surface area contributed by atoms with Crippen LogP contribution < -0.4 is 15.6 Å². The minimum atomic E-state index is -0.281. The van der Waals surface area contributed by atoms with Crippen LogP contribution in [0.25, 0.3) is 0 Å². The lowest BCUT2D eigenvalue weighted by Crippen LogP contribution is -2.32. The number of anilines is 1. The van der Waals surface area contributed by atoms with Crippen molar-refractivity contribution in [2.45, 2.75) is 31.0 Å². The first-order valence-electron chi connectivity index (χ1n) is 7.73. The Kier molecular flexibility index (Phi) is 4.89. The number of rotatable bonds is 5. The number of aromatic nitrogens is 2. The molecular formula is C17H19N3O3S. The van der Waals surface area contributed by atoms with Crippen LogP contribution >= 0.6 is 11.8 Å². The zero-order chi connectivity index (χ0) is 17.1. The van der Waals surface area contributed by atoms with E-state index in [1.54, 1.807) is 19.2 Å². The molecule has 0 aliphatic heterocycles. The second-order valence-electron chi connectivity index (χ2n) is 5.52. The number of hydrogen-bond donors (Lipinski definition) is 1. The van der Waals surface area contributed by atoms with Crippen LogP contribution in [0.5, 0.6) is 5.75 Å². The third-order valence-corrected chi connectivity index (χ3v) is 4.70. The number of nitrogens with zero attached hydrogens (tertiary/aromatic N) is 2. The number of carbonyl (C=O) groups is 1. The van der Waals surface area contributed by atoms with E-state index in [-0.39, 0.29) is 18.0 Å². The van der Waals surface area contributed by atoms with Crippen molar-refractivity contribution >= 4 is 23.4 Å². The molecule has 0 fully saturated rings. The Morgan fingerprint density at radius 3 is 2.92 bits per heavy atom. The van der Waals surface area contributed by atoms with Crippen LogP contribution in [-0.4, -0.2) is 28.8 Å². The molecule has 1 heterocycles. The molecule has 1 N–H and O–H groups in total. The zero-order valence-corrected chi connectivity index (χ0v) is 14.5.